The zero-order chi connectivity index (χ0) is 21.6. The molecule has 162 valence electrons. The van der Waals surface area contributed by atoms with E-state index in [0.29, 0.717) is 31.2 Å². The van der Waals surface area contributed by atoms with Crippen molar-refractivity contribution in [3.63, 3.8) is 0 Å². The van der Waals surface area contributed by atoms with Crippen LogP contribution in [0.2, 0.25) is 0 Å². The number of nitrogens with zero attached hydrogens (tertiary/aromatic N) is 2. The topological polar surface area (TPSA) is 64.8 Å². The van der Waals surface area contributed by atoms with Crippen molar-refractivity contribution in [2.24, 2.45) is 0 Å². The molecule has 0 aliphatic carbocycles. The largest absolute Gasteiger partial charge is 0.497 e. The summed E-state index contributed by atoms with van der Waals surface area (Å²) >= 11 is 0. The second kappa shape index (κ2) is 9.64. The van der Waals surface area contributed by atoms with Crippen LogP contribution in [0.5, 0.6) is 11.5 Å². The molecule has 1 fully saturated rings. The first-order valence-corrected chi connectivity index (χ1v) is 10.3. The van der Waals surface area contributed by atoms with Gasteiger partial charge in [0.25, 0.3) is 5.91 Å². The van der Waals surface area contributed by atoms with Gasteiger partial charge in [0.1, 0.15) is 23.1 Å². The van der Waals surface area contributed by atoms with Crippen LogP contribution in [0, 0.1) is 5.82 Å². The van der Waals surface area contributed by atoms with Gasteiger partial charge in [-0.05, 0) is 54.8 Å². The molecular weight excluding hydrogens is 399 g/mol. The summed E-state index contributed by atoms with van der Waals surface area (Å²) in [6.07, 6.45) is 4.07. The number of amides is 1. The van der Waals surface area contributed by atoms with E-state index in [9.17, 15) is 9.18 Å². The molecule has 3 aromatic rings. The Balaban J connectivity index is 1.32. The molecule has 6 nitrogen and oxygen atoms in total. The number of piperidine rings is 1. The van der Waals surface area contributed by atoms with Crippen molar-refractivity contribution in [3.8, 4) is 11.5 Å². The molecule has 1 aliphatic heterocycles. The molecule has 1 aliphatic rings. The Labute approximate surface area is 180 Å². The summed E-state index contributed by atoms with van der Waals surface area (Å²) < 4.78 is 29.8. The highest BCUT2D eigenvalue weighted by atomic mass is 19.1. The molecule has 0 radical (unpaired) electrons. The Morgan fingerprint density at radius 3 is 2.65 bits per heavy atom. The average Bonchev–Trinajstić information content (AvgIpc) is 3.28. The highest BCUT2D eigenvalue weighted by molar-refractivity contribution is 5.78. The molecule has 31 heavy (non-hydrogen) atoms. The second-order valence-electron chi connectivity index (χ2n) is 7.61. The summed E-state index contributed by atoms with van der Waals surface area (Å²) in [6.45, 7) is 1.24. The van der Waals surface area contributed by atoms with Gasteiger partial charge in [-0.25, -0.2) is 9.37 Å². The first kappa shape index (κ1) is 20.9. The number of ether oxygens (including phenoxy) is 2. The number of rotatable bonds is 7. The number of aromatic nitrogens is 1. The highest BCUT2D eigenvalue weighted by Gasteiger charge is 2.28. The van der Waals surface area contributed by atoms with Crippen LogP contribution in [-0.2, 0) is 11.2 Å². The third-order valence-electron chi connectivity index (χ3n) is 5.41. The molecule has 0 N–H and O–H groups in total. The van der Waals surface area contributed by atoms with Gasteiger partial charge >= 0.3 is 0 Å². The molecular formula is C24H25FN2O4. The summed E-state index contributed by atoms with van der Waals surface area (Å²) in [5.74, 6) is 2.48. The van der Waals surface area contributed by atoms with Gasteiger partial charge in [0.15, 0.2) is 12.5 Å². The van der Waals surface area contributed by atoms with Crippen molar-refractivity contribution in [3.05, 3.63) is 77.8 Å². The summed E-state index contributed by atoms with van der Waals surface area (Å²) in [7, 11) is 1.60. The first-order valence-electron chi connectivity index (χ1n) is 10.3. The van der Waals surface area contributed by atoms with Crippen LogP contribution in [0.4, 0.5) is 4.39 Å². The van der Waals surface area contributed by atoms with E-state index in [-0.39, 0.29) is 24.2 Å². The standard InChI is InChI=1S/C24H25FN2O4/c1-29-20-8-10-21(11-9-20)30-16-23(28)27-12-2-3-18(15-27)24-26-14-22(31-24)13-17-4-6-19(25)7-5-17/h4-11,14,18H,2-3,12-13,15-16H2,1H3/t18-/m0/s1. The number of hydrogen-bond donors (Lipinski definition) is 0. The maximum atomic E-state index is 13.1. The Morgan fingerprint density at radius 1 is 1.16 bits per heavy atom. The highest BCUT2D eigenvalue weighted by Crippen LogP contribution is 2.27. The number of hydrogen-bond acceptors (Lipinski definition) is 5. The van der Waals surface area contributed by atoms with Crippen LogP contribution >= 0.6 is 0 Å². The average molecular weight is 424 g/mol. The lowest BCUT2D eigenvalue weighted by Crippen LogP contribution is -2.41. The van der Waals surface area contributed by atoms with Gasteiger partial charge < -0.3 is 18.8 Å². The lowest BCUT2D eigenvalue weighted by Gasteiger charge is -2.31. The van der Waals surface area contributed by atoms with Gasteiger partial charge in [-0.1, -0.05) is 12.1 Å². The summed E-state index contributed by atoms with van der Waals surface area (Å²) in [5.41, 5.74) is 0.959. The smallest absolute Gasteiger partial charge is 0.260 e. The summed E-state index contributed by atoms with van der Waals surface area (Å²) in [4.78, 5) is 18.9. The van der Waals surface area contributed by atoms with Gasteiger partial charge in [0.05, 0.1) is 19.2 Å². The molecule has 2 aromatic carbocycles. The normalized spacial score (nSPS) is 16.2. The van der Waals surface area contributed by atoms with Crippen molar-refractivity contribution in [1.82, 2.24) is 9.88 Å². The van der Waals surface area contributed by atoms with E-state index < -0.39 is 0 Å². The van der Waals surface area contributed by atoms with Gasteiger partial charge in [-0.15, -0.1) is 0 Å². The number of carbonyl (C=O) groups excluding carboxylic acids is 1. The maximum Gasteiger partial charge on any atom is 0.260 e. The van der Waals surface area contributed by atoms with Crippen LogP contribution < -0.4 is 9.47 Å². The van der Waals surface area contributed by atoms with E-state index in [1.165, 1.54) is 12.1 Å². The monoisotopic (exact) mass is 424 g/mol. The van der Waals surface area contributed by atoms with Gasteiger partial charge in [-0.2, -0.15) is 0 Å². The SMILES string of the molecule is COc1ccc(OCC(=O)N2CCC[C@H](c3ncc(Cc4ccc(F)cc4)o3)C2)cc1. The molecule has 0 spiro atoms. The number of halogens is 1. The minimum absolute atomic E-state index is 0.0134. The third kappa shape index (κ3) is 5.42. The molecule has 0 unspecified atom stereocenters. The van der Waals surface area contributed by atoms with Crippen LogP contribution in [0.25, 0.3) is 0 Å². The number of carbonyl (C=O) groups is 1. The van der Waals surface area contributed by atoms with E-state index in [2.05, 4.69) is 4.98 Å². The van der Waals surface area contributed by atoms with Gasteiger partial charge in [0, 0.05) is 19.5 Å². The van der Waals surface area contributed by atoms with Crippen molar-refractivity contribution >= 4 is 5.91 Å². The first-order chi connectivity index (χ1) is 15.1. The number of methoxy groups -OCH3 is 1. The zero-order valence-electron chi connectivity index (χ0n) is 17.4. The quantitative estimate of drug-likeness (QED) is 0.569. The third-order valence-corrected chi connectivity index (χ3v) is 5.41. The molecule has 1 saturated heterocycles. The Morgan fingerprint density at radius 2 is 1.90 bits per heavy atom. The van der Waals surface area contributed by atoms with Crippen molar-refractivity contribution in [1.29, 1.82) is 0 Å². The summed E-state index contributed by atoms with van der Waals surface area (Å²) in [5, 5.41) is 0. The van der Waals surface area contributed by atoms with Crippen LogP contribution in [0.15, 0.2) is 59.1 Å². The van der Waals surface area contributed by atoms with Crippen molar-refractivity contribution in [2.75, 3.05) is 26.8 Å². The molecule has 4 rings (SSSR count). The molecule has 7 heteroatoms. The van der Waals surface area contributed by atoms with Crippen molar-refractivity contribution in [2.45, 2.75) is 25.2 Å². The van der Waals surface area contributed by atoms with E-state index in [0.717, 1.165) is 29.9 Å². The van der Waals surface area contributed by atoms with Crippen LogP contribution in [0.1, 0.15) is 36.0 Å². The van der Waals surface area contributed by atoms with Gasteiger partial charge in [-0.3, -0.25) is 4.79 Å². The molecule has 0 bridgehead atoms. The zero-order valence-corrected chi connectivity index (χ0v) is 17.4. The molecule has 1 atom stereocenters. The number of benzene rings is 2. The van der Waals surface area contributed by atoms with Crippen LogP contribution in [0.3, 0.4) is 0 Å². The Hall–Kier alpha value is -3.35. The number of likely N-dealkylation sites (tertiary alicyclic amines) is 1. The molecule has 1 amide bonds. The predicted molar refractivity (Wildman–Crippen MR) is 113 cm³/mol. The van der Waals surface area contributed by atoms with E-state index >= 15 is 0 Å². The predicted octanol–water partition coefficient (Wildman–Crippen LogP) is 4.20. The van der Waals surface area contributed by atoms with E-state index in [1.54, 1.807) is 49.7 Å². The van der Waals surface area contributed by atoms with Crippen LogP contribution in [-0.4, -0.2) is 42.6 Å². The second-order valence-corrected chi connectivity index (χ2v) is 7.61. The fourth-order valence-corrected chi connectivity index (χ4v) is 3.71. The lowest BCUT2D eigenvalue weighted by molar-refractivity contribution is -0.134. The lowest BCUT2D eigenvalue weighted by atomic mass is 9.98. The minimum Gasteiger partial charge on any atom is -0.497 e. The minimum atomic E-state index is -0.259. The fourth-order valence-electron chi connectivity index (χ4n) is 3.71. The van der Waals surface area contributed by atoms with Gasteiger partial charge in [0.2, 0.25) is 0 Å². The van der Waals surface area contributed by atoms with E-state index in [4.69, 9.17) is 13.9 Å². The molecule has 2 heterocycles. The molecule has 1 aromatic heterocycles. The fraction of sp³-hybridized carbons (Fsp3) is 0.333. The number of oxazole rings is 1. The Bertz CT molecular complexity index is 1000. The van der Waals surface area contributed by atoms with Crippen molar-refractivity contribution < 1.29 is 23.1 Å². The molecule has 0 saturated carbocycles. The maximum absolute atomic E-state index is 13.1. The summed E-state index contributed by atoms with van der Waals surface area (Å²) in [6, 6.07) is 13.5. The Kier molecular flexibility index (Phi) is 6.50. The van der Waals surface area contributed by atoms with E-state index in [1.807, 2.05) is 4.90 Å².